The molecular formula is C13H19N3O. The van der Waals surface area contributed by atoms with Crippen molar-refractivity contribution >= 4 is 5.82 Å². The maximum atomic E-state index is 5.52. The summed E-state index contributed by atoms with van der Waals surface area (Å²) in [7, 11) is 1.83. The Bertz CT molecular complexity index is 395. The summed E-state index contributed by atoms with van der Waals surface area (Å²) in [6.07, 6.45) is 8.92. The van der Waals surface area contributed by atoms with Crippen LogP contribution in [0.3, 0.4) is 0 Å². The molecule has 3 heterocycles. The van der Waals surface area contributed by atoms with E-state index in [0.717, 1.165) is 24.4 Å². The standard InChI is InChI=1S/C13H19N3O/c1-9-7-14-8-13(15-9)16-10-3-4-11(16)6-12(5-10)17-2/h7-8,10-12H,3-6H2,1-2H3. The van der Waals surface area contributed by atoms with Crippen molar-refractivity contribution in [2.24, 2.45) is 0 Å². The maximum Gasteiger partial charge on any atom is 0.147 e. The molecule has 4 heteroatoms. The van der Waals surface area contributed by atoms with E-state index in [4.69, 9.17) is 4.74 Å². The van der Waals surface area contributed by atoms with Crippen LogP contribution in [0.1, 0.15) is 31.4 Å². The molecule has 3 rings (SSSR count). The lowest BCUT2D eigenvalue weighted by atomic mass is 10.00. The topological polar surface area (TPSA) is 38.2 Å². The summed E-state index contributed by atoms with van der Waals surface area (Å²) in [6, 6.07) is 1.18. The molecule has 4 nitrogen and oxygen atoms in total. The van der Waals surface area contributed by atoms with Gasteiger partial charge in [0.15, 0.2) is 0 Å². The van der Waals surface area contributed by atoms with Crippen LogP contribution in [0, 0.1) is 6.92 Å². The van der Waals surface area contributed by atoms with E-state index in [1.807, 2.05) is 26.4 Å². The van der Waals surface area contributed by atoms with Crippen molar-refractivity contribution < 1.29 is 4.74 Å². The monoisotopic (exact) mass is 233 g/mol. The average molecular weight is 233 g/mol. The van der Waals surface area contributed by atoms with Gasteiger partial charge in [0.05, 0.1) is 18.0 Å². The highest BCUT2D eigenvalue weighted by Crippen LogP contribution is 2.39. The van der Waals surface area contributed by atoms with Crippen LogP contribution in [0.2, 0.25) is 0 Å². The third-order valence-corrected chi connectivity index (χ3v) is 4.03. The number of hydrogen-bond acceptors (Lipinski definition) is 4. The smallest absolute Gasteiger partial charge is 0.147 e. The third-order valence-electron chi connectivity index (χ3n) is 4.03. The van der Waals surface area contributed by atoms with E-state index in [0.29, 0.717) is 18.2 Å². The molecule has 0 spiro atoms. The minimum Gasteiger partial charge on any atom is -0.381 e. The lowest BCUT2D eigenvalue weighted by Gasteiger charge is -2.39. The molecule has 0 aromatic carbocycles. The molecule has 2 fully saturated rings. The second kappa shape index (κ2) is 4.26. The Hall–Kier alpha value is -1.16. The summed E-state index contributed by atoms with van der Waals surface area (Å²) in [5.74, 6) is 1.05. The number of methoxy groups -OCH3 is 1. The molecule has 0 amide bonds. The van der Waals surface area contributed by atoms with Crippen molar-refractivity contribution in [3.05, 3.63) is 18.1 Å². The zero-order valence-corrected chi connectivity index (χ0v) is 10.5. The van der Waals surface area contributed by atoms with E-state index in [2.05, 4.69) is 14.9 Å². The molecule has 1 aromatic heterocycles. The summed E-state index contributed by atoms with van der Waals surface area (Å²) in [5, 5.41) is 0. The normalized spacial score (nSPS) is 31.9. The number of rotatable bonds is 2. The first-order chi connectivity index (χ1) is 8.28. The van der Waals surface area contributed by atoms with E-state index in [1.54, 1.807) is 0 Å². The molecule has 17 heavy (non-hydrogen) atoms. The highest BCUT2D eigenvalue weighted by atomic mass is 16.5. The Morgan fingerprint density at radius 3 is 2.53 bits per heavy atom. The zero-order valence-electron chi connectivity index (χ0n) is 10.5. The number of nitrogens with zero attached hydrogens (tertiary/aromatic N) is 3. The minimum absolute atomic E-state index is 0.432. The van der Waals surface area contributed by atoms with Crippen molar-refractivity contribution in [1.82, 2.24) is 9.97 Å². The van der Waals surface area contributed by atoms with E-state index < -0.39 is 0 Å². The van der Waals surface area contributed by atoms with Crippen molar-refractivity contribution in [1.29, 1.82) is 0 Å². The van der Waals surface area contributed by atoms with Crippen molar-refractivity contribution in [3.63, 3.8) is 0 Å². The molecule has 2 bridgehead atoms. The second-order valence-electron chi connectivity index (χ2n) is 5.14. The number of piperidine rings is 1. The fourth-order valence-electron chi connectivity index (χ4n) is 3.27. The van der Waals surface area contributed by atoms with Gasteiger partial charge in [-0.15, -0.1) is 0 Å². The molecular weight excluding hydrogens is 214 g/mol. The fraction of sp³-hybridized carbons (Fsp3) is 0.692. The van der Waals surface area contributed by atoms with Crippen LogP contribution in [0.15, 0.2) is 12.4 Å². The van der Waals surface area contributed by atoms with Crippen LogP contribution < -0.4 is 4.90 Å². The number of aromatic nitrogens is 2. The SMILES string of the molecule is COC1CC2CCC(C1)N2c1cncc(C)n1. The van der Waals surface area contributed by atoms with Gasteiger partial charge in [0.2, 0.25) is 0 Å². The zero-order chi connectivity index (χ0) is 11.8. The van der Waals surface area contributed by atoms with Gasteiger partial charge < -0.3 is 9.64 Å². The van der Waals surface area contributed by atoms with Gasteiger partial charge in [0.1, 0.15) is 5.82 Å². The van der Waals surface area contributed by atoms with Crippen LogP contribution in [0.4, 0.5) is 5.82 Å². The van der Waals surface area contributed by atoms with E-state index >= 15 is 0 Å². The number of anilines is 1. The van der Waals surface area contributed by atoms with Crippen molar-refractivity contribution in [3.8, 4) is 0 Å². The molecule has 2 aliphatic heterocycles. The molecule has 0 radical (unpaired) electrons. The number of fused-ring (bicyclic) bond motifs is 2. The first-order valence-corrected chi connectivity index (χ1v) is 6.37. The van der Waals surface area contributed by atoms with Gasteiger partial charge in [0, 0.05) is 25.4 Å². The molecule has 1 aromatic rings. The number of ether oxygens (including phenoxy) is 1. The predicted molar refractivity (Wildman–Crippen MR) is 66.1 cm³/mol. The van der Waals surface area contributed by atoms with E-state index in [9.17, 15) is 0 Å². The molecule has 0 aliphatic carbocycles. The number of aryl methyl sites for hydroxylation is 1. The summed E-state index contributed by atoms with van der Waals surface area (Å²) in [5.41, 5.74) is 0.996. The van der Waals surface area contributed by atoms with E-state index in [-0.39, 0.29) is 0 Å². The minimum atomic E-state index is 0.432. The highest BCUT2D eigenvalue weighted by molar-refractivity contribution is 5.42. The van der Waals surface area contributed by atoms with Gasteiger partial charge in [-0.1, -0.05) is 0 Å². The van der Waals surface area contributed by atoms with Crippen LogP contribution in [0.5, 0.6) is 0 Å². The van der Waals surface area contributed by atoms with Gasteiger partial charge in [0.25, 0.3) is 0 Å². The Balaban J connectivity index is 1.86. The van der Waals surface area contributed by atoms with Crippen molar-refractivity contribution in [2.75, 3.05) is 12.0 Å². The highest BCUT2D eigenvalue weighted by Gasteiger charge is 2.41. The van der Waals surface area contributed by atoms with Crippen LogP contribution in [-0.4, -0.2) is 35.3 Å². The first-order valence-electron chi connectivity index (χ1n) is 6.37. The second-order valence-corrected chi connectivity index (χ2v) is 5.14. The molecule has 2 aliphatic rings. The Kier molecular flexibility index (Phi) is 2.74. The molecule has 0 N–H and O–H groups in total. The van der Waals surface area contributed by atoms with Crippen molar-refractivity contribution in [2.45, 2.75) is 50.8 Å². The van der Waals surface area contributed by atoms with Crippen LogP contribution in [0.25, 0.3) is 0 Å². The summed E-state index contributed by atoms with van der Waals surface area (Å²) in [6.45, 7) is 2.00. The lowest BCUT2D eigenvalue weighted by Crippen LogP contribution is -2.45. The Labute approximate surface area is 102 Å². The largest absolute Gasteiger partial charge is 0.381 e. The first kappa shape index (κ1) is 11.0. The quantitative estimate of drug-likeness (QED) is 0.782. The number of hydrogen-bond donors (Lipinski definition) is 0. The summed E-state index contributed by atoms with van der Waals surface area (Å²) < 4.78 is 5.52. The molecule has 2 saturated heterocycles. The Morgan fingerprint density at radius 1 is 1.24 bits per heavy atom. The van der Waals surface area contributed by atoms with Gasteiger partial charge in [-0.3, -0.25) is 4.98 Å². The molecule has 92 valence electrons. The molecule has 0 saturated carbocycles. The third kappa shape index (κ3) is 1.90. The maximum absolute atomic E-state index is 5.52. The van der Waals surface area contributed by atoms with Crippen LogP contribution >= 0.6 is 0 Å². The van der Waals surface area contributed by atoms with Crippen LogP contribution in [-0.2, 0) is 4.74 Å². The average Bonchev–Trinajstić information content (AvgIpc) is 2.60. The van der Waals surface area contributed by atoms with Gasteiger partial charge in [-0.2, -0.15) is 0 Å². The Morgan fingerprint density at radius 2 is 1.94 bits per heavy atom. The van der Waals surface area contributed by atoms with Gasteiger partial charge >= 0.3 is 0 Å². The lowest BCUT2D eigenvalue weighted by molar-refractivity contribution is 0.0682. The molecule has 2 unspecified atom stereocenters. The summed E-state index contributed by atoms with van der Waals surface area (Å²) in [4.78, 5) is 11.3. The fourth-order valence-corrected chi connectivity index (χ4v) is 3.27. The summed E-state index contributed by atoms with van der Waals surface area (Å²) >= 11 is 0. The molecule has 2 atom stereocenters. The van der Waals surface area contributed by atoms with Gasteiger partial charge in [-0.25, -0.2) is 4.98 Å². The predicted octanol–water partition coefficient (Wildman–Crippen LogP) is 1.93. The van der Waals surface area contributed by atoms with Gasteiger partial charge in [-0.05, 0) is 32.6 Å². The van der Waals surface area contributed by atoms with E-state index in [1.165, 1.54) is 12.8 Å².